The van der Waals surface area contributed by atoms with Crippen LogP contribution >= 0.6 is 0 Å². The highest BCUT2D eigenvalue weighted by Crippen LogP contribution is 2.11. The zero-order chi connectivity index (χ0) is 28.2. The van der Waals surface area contributed by atoms with Gasteiger partial charge in [0.15, 0.2) is 11.6 Å². The van der Waals surface area contributed by atoms with E-state index in [1.165, 1.54) is 31.1 Å². The van der Waals surface area contributed by atoms with Crippen LogP contribution in [0.3, 0.4) is 0 Å². The fourth-order valence-corrected chi connectivity index (χ4v) is 2.84. The number of carbonyl (C=O) groups excluding carboxylic acids is 6. The van der Waals surface area contributed by atoms with Crippen molar-refractivity contribution in [1.29, 1.82) is 0 Å². The van der Waals surface area contributed by atoms with E-state index in [4.69, 9.17) is 23.8 Å². The second-order valence-electron chi connectivity index (χ2n) is 7.77. The largest absolute Gasteiger partial charge is 0.383 e. The number of hydroxylamine groups is 2. The third-order valence-corrected chi connectivity index (χ3v) is 4.86. The predicted molar refractivity (Wildman–Crippen MR) is 128 cm³/mol. The third-order valence-electron chi connectivity index (χ3n) is 4.86. The Kier molecular flexibility index (Phi) is 18.8. The van der Waals surface area contributed by atoms with E-state index in [1.807, 2.05) is 0 Å². The lowest BCUT2D eigenvalue weighted by Gasteiger charge is -2.21. The highest BCUT2D eigenvalue weighted by atomic mass is 16.7. The summed E-state index contributed by atoms with van der Waals surface area (Å²) in [7, 11) is 5.87. The molecule has 1 aliphatic rings. The third kappa shape index (κ3) is 14.5. The Morgan fingerprint density at radius 1 is 0.703 bits per heavy atom. The molecule has 1 aliphatic heterocycles. The molecule has 0 aromatic rings. The molecule has 0 saturated carbocycles. The van der Waals surface area contributed by atoms with E-state index < -0.39 is 24.2 Å². The van der Waals surface area contributed by atoms with Crippen molar-refractivity contribution < 1.29 is 52.6 Å². The molecule has 14 nitrogen and oxygen atoms in total. The molecule has 0 aromatic heterocycles. The molecule has 0 bridgehead atoms. The smallest absolute Gasteiger partial charge is 0.254 e. The fraction of sp³-hybridized carbons (Fsp3) is 0.739. The van der Waals surface area contributed by atoms with Gasteiger partial charge < -0.3 is 28.7 Å². The molecule has 0 radical (unpaired) electrons. The molecule has 0 atom stereocenters. The molecule has 0 aliphatic carbocycles. The lowest BCUT2D eigenvalue weighted by molar-refractivity contribution is -0.188. The van der Waals surface area contributed by atoms with Crippen molar-refractivity contribution in [3.8, 4) is 0 Å². The molecule has 0 spiro atoms. The highest BCUT2D eigenvalue weighted by Gasteiger charge is 2.31. The van der Waals surface area contributed by atoms with Crippen molar-refractivity contribution >= 4 is 35.2 Å². The molecular formula is C23H39N3O11. The topological polar surface area (TPSA) is 158 Å². The first-order valence-corrected chi connectivity index (χ1v) is 11.7. The summed E-state index contributed by atoms with van der Waals surface area (Å²) in [5.74, 6) is -1.88. The quantitative estimate of drug-likeness (QED) is 0.196. The van der Waals surface area contributed by atoms with Crippen LogP contribution in [0.25, 0.3) is 0 Å². The van der Waals surface area contributed by atoms with E-state index in [0.717, 1.165) is 0 Å². The summed E-state index contributed by atoms with van der Waals surface area (Å²) in [6.45, 7) is 2.44. The van der Waals surface area contributed by atoms with E-state index in [1.54, 1.807) is 14.0 Å². The molecule has 0 unspecified atom stereocenters. The maximum absolute atomic E-state index is 11.8. The molecule has 0 N–H and O–H groups in total. The van der Waals surface area contributed by atoms with Crippen molar-refractivity contribution in [2.24, 2.45) is 0 Å². The average Bonchev–Trinajstić information content (AvgIpc) is 3.20. The van der Waals surface area contributed by atoms with Crippen LogP contribution in [0.2, 0.25) is 0 Å². The van der Waals surface area contributed by atoms with Crippen molar-refractivity contribution in [3.05, 3.63) is 0 Å². The summed E-state index contributed by atoms with van der Waals surface area (Å²) in [5.41, 5.74) is 0. The number of imide groups is 1. The molecule has 212 valence electrons. The van der Waals surface area contributed by atoms with Crippen LogP contribution in [0.15, 0.2) is 0 Å². The first-order chi connectivity index (χ1) is 17.6. The van der Waals surface area contributed by atoms with Crippen molar-refractivity contribution in [3.63, 3.8) is 0 Å². The molecule has 1 heterocycles. The first-order valence-electron chi connectivity index (χ1n) is 11.7. The zero-order valence-corrected chi connectivity index (χ0v) is 22.3. The number of rotatable bonds is 18. The Hall–Kier alpha value is -2.78. The summed E-state index contributed by atoms with van der Waals surface area (Å²) in [6, 6.07) is 0. The van der Waals surface area contributed by atoms with E-state index in [-0.39, 0.29) is 69.9 Å². The lowest BCUT2D eigenvalue weighted by Crippen LogP contribution is -2.42. The molecule has 4 amide bonds. The van der Waals surface area contributed by atoms with Crippen LogP contribution in [0.5, 0.6) is 0 Å². The van der Waals surface area contributed by atoms with Gasteiger partial charge in [0.05, 0.1) is 26.3 Å². The SMILES string of the molecule is CCC(=O)CN(CCOC)C(=O)COC.COCCN(CC(=O)CON1C(=O)CCC1=O)C(=O)COC. The van der Waals surface area contributed by atoms with E-state index in [2.05, 4.69) is 0 Å². The summed E-state index contributed by atoms with van der Waals surface area (Å²) in [5, 5.41) is 0.606. The first kappa shape index (κ1) is 34.2. The van der Waals surface area contributed by atoms with Crippen LogP contribution in [-0.2, 0) is 52.6 Å². The van der Waals surface area contributed by atoms with Gasteiger partial charge in [-0.05, 0) is 0 Å². The van der Waals surface area contributed by atoms with Crippen molar-refractivity contribution in [2.45, 2.75) is 26.2 Å². The Labute approximate surface area is 217 Å². The van der Waals surface area contributed by atoms with E-state index >= 15 is 0 Å². The number of hydrogen-bond donors (Lipinski definition) is 0. The maximum atomic E-state index is 11.8. The Morgan fingerprint density at radius 2 is 1.14 bits per heavy atom. The Morgan fingerprint density at radius 3 is 1.51 bits per heavy atom. The fourth-order valence-electron chi connectivity index (χ4n) is 2.84. The normalized spacial score (nSPS) is 12.7. The molecule has 0 aromatic carbocycles. The highest BCUT2D eigenvalue weighted by molar-refractivity contribution is 6.00. The number of carbonyl (C=O) groups is 6. The van der Waals surface area contributed by atoms with Gasteiger partial charge in [-0.15, -0.1) is 0 Å². The zero-order valence-electron chi connectivity index (χ0n) is 22.3. The second kappa shape index (κ2) is 20.3. The van der Waals surface area contributed by atoms with Gasteiger partial charge in [0.25, 0.3) is 11.8 Å². The van der Waals surface area contributed by atoms with Gasteiger partial charge >= 0.3 is 0 Å². The molecular weight excluding hydrogens is 494 g/mol. The van der Waals surface area contributed by atoms with Crippen molar-refractivity contribution in [2.75, 3.05) is 87.7 Å². The van der Waals surface area contributed by atoms with Gasteiger partial charge in [-0.3, -0.25) is 33.6 Å². The minimum Gasteiger partial charge on any atom is -0.383 e. The van der Waals surface area contributed by atoms with Crippen molar-refractivity contribution in [1.82, 2.24) is 14.9 Å². The predicted octanol–water partition coefficient (Wildman–Crippen LogP) is -1.16. The number of ketones is 2. The summed E-state index contributed by atoms with van der Waals surface area (Å²) in [4.78, 5) is 76.6. The van der Waals surface area contributed by atoms with Crippen LogP contribution in [0.4, 0.5) is 0 Å². The molecule has 1 rings (SSSR count). The van der Waals surface area contributed by atoms with Gasteiger partial charge in [-0.1, -0.05) is 6.92 Å². The van der Waals surface area contributed by atoms with Gasteiger partial charge in [-0.25, -0.2) is 0 Å². The summed E-state index contributed by atoms with van der Waals surface area (Å²) >= 11 is 0. The monoisotopic (exact) mass is 533 g/mol. The number of Topliss-reactive ketones (excluding diaryl/α,β-unsaturated/α-hetero) is 2. The Bertz CT molecular complexity index is 744. The number of nitrogens with zero attached hydrogens (tertiary/aromatic N) is 3. The number of ether oxygens (including phenoxy) is 4. The maximum Gasteiger partial charge on any atom is 0.254 e. The number of hydrogen-bond acceptors (Lipinski definition) is 11. The number of amides is 4. The van der Waals surface area contributed by atoms with E-state index in [0.29, 0.717) is 24.6 Å². The van der Waals surface area contributed by atoms with E-state index in [9.17, 15) is 28.8 Å². The van der Waals surface area contributed by atoms with Crippen LogP contribution in [0, 0.1) is 0 Å². The summed E-state index contributed by atoms with van der Waals surface area (Å²) < 4.78 is 19.2. The lowest BCUT2D eigenvalue weighted by atomic mass is 10.3. The minimum absolute atomic E-state index is 0.000703. The van der Waals surface area contributed by atoms with Gasteiger partial charge in [0.1, 0.15) is 19.8 Å². The minimum atomic E-state index is -0.468. The van der Waals surface area contributed by atoms with Crippen LogP contribution in [0.1, 0.15) is 26.2 Å². The molecule has 1 fully saturated rings. The molecule has 1 saturated heterocycles. The summed E-state index contributed by atoms with van der Waals surface area (Å²) in [6.07, 6.45) is 0.600. The van der Waals surface area contributed by atoms with Gasteiger partial charge in [0.2, 0.25) is 11.8 Å². The Balaban J connectivity index is 0.000000757. The van der Waals surface area contributed by atoms with Gasteiger partial charge in [0, 0.05) is 60.8 Å². The van der Waals surface area contributed by atoms with Crippen LogP contribution in [-0.4, -0.2) is 138 Å². The van der Waals surface area contributed by atoms with Gasteiger partial charge in [-0.2, -0.15) is 5.06 Å². The van der Waals surface area contributed by atoms with Crippen LogP contribution < -0.4 is 0 Å². The molecule has 14 heteroatoms. The standard InChI is InChI=1S/C13H20N2O7.C10H19NO4/c1-20-6-5-14(13(19)9-21-2)7-10(16)8-22-15-11(17)3-4-12(15)18;1-4-9(12)7-11(5-6-14-2)10(13)8-15-3/h3-9H2,1-2H3;4-8H2,1-3H3. The second-order valence-corrected chi connectivity index (χ2v) is 7.77. The molecule has 37 heavy (non-hydrogen) atoms. The average molecular weight is 534 g/mol. The number of methoxy groups -OCH3 is 4.